The maximum atomic E-state index is 3.63. The minimum absolute atomic E-state index is 0.811. The van der Waals surface area contributed by atoms with Gasteiger partial charge in [-0.3, -0.25) is 0 Å². The molecule has 74 valence electrons. The smallest absolute Gasteiger partial charge is 0.0195 e. The molecular weight excluding hydrogens is 160 g/mol. The van der Waals surface area contributed by atoms with E-state index in [2.05, 4.69) is 10.2 Å². The highest BCUT2D eigenvalue weighted by molar-refractivity contribution is 4.97. The minimum atomic E-state index is 0.811. The molecule has 2 saturated heterocycles. The van der Waals surface area contributed by atoms with Crippen LogP contribution >= 0.6 is 0 Å². The molecule has 2 heterocycles. The summed E-state index contributed by atoms with van der Waals surface area (Å²) in [4.78, 5) is 2.68. The van der Waals surface area contributed by atoms with Crippen LogP contribution in [0.3, 0.4) is 0 Å². The molecular formula is C11H20N2. The van der Waals surface area contributed by atoms with Gasteiger partial charge in [0.25, 0.3) is 0 Å². The van der Waals surface area contributed by atoms with Crippen LogP contribution in [0.25, 0.3) is 0 Å². The molecule has 3 rings (SSSR count). The quantitative estimate of drug-likeness (QED) is 0.684. The summed E-state index contributed by atoms with van der Waals surface area (Å²) in [5.41, 5.74) is 0. The molecule has 3 fully saturated rings. The van der Waals surface area contributed by atoms with Gasteiger partial charge in [-0.05, 0) is 37.6 Å². The van der Waals surface area contributed by atoms with Crippen LogP contribution in [0.15, 0.2) is 0 Å². The largest absolute Gasteiger partial charge is 0.313 e. The fourth-order valence-electron chi connectivity index (χ4n) is 3.04. The SMILES string of the molecule is C1CC[C@H](CN2CC3CC3C2)NC1. The zero-order chi connectivity index (χ0) is 8.67. The van der Waals surface area contributed by atoms with Gasteiger partial charge in [0.1, 0.15) is 0 Å². The van der Waals surface area contributed by atoms with E-state index in [9.17, 15) is 0 Å². The number of rotatable bonds is 2. The molecule has 0 radical (unpaired) electrons. The van der Waals surface area contributed by atoms with Gasteiger partial charge < -0.3 is 10.2 Å². The summed E-state index contributed by atoms with van der Waals surface area (Å²) in [6.07, 6.45) is 5.78. The van der Waals surface area contributed by atoms with Crippen molar-refractivity contribution in [3.63, 3.8) is 0 Å². The molecule has 1 N–H and O–H groups in total. The fraction of sp³-hybridized carbons (Fsp3) is 1.00. The molecule has 1 aliphatic carbocycles. The lowest BCUT2D eigenvalue weighted by Gasteiger charge is -2.28. The Hall–Kier alpha value is -0.0800. The summed E-state index contributed by atoms with van der Waals surface area (Å²) in [5.74, 6) is 2.20. The molecule has 0 aromatic rings. The Morgan fingerprint density at radius 1 is 1.15 bits per heavy atom. The van der Waals surface area contributed by atoms with E-state index in [0.29, 0.717) is 0 Å². The van der Waals surface area contributed by atoms with Crippen molar-refractivity contribution in [2.75, 3.05) is 26.2 Å². The second-order valence-corrected chi connectivity index (χ2v) is 5.12. The molecule has 0 amide bonds. The summed E-state index contributed by atoms with van der Waals surface area (Å²) in [5, 5.41) is 3.63. The number of hydrogen-bond donors (Lipinski definition) is 1. The summed E-state index contributed by atoms with van der Waals surface area (Å²) in [6.45, 7) is 5.39. The molecule has 2 heteroatoms. The number of hydrogen-bond acceptors (Lipinski definition) is 2. The standard InChI is InChI=1S/C11H20N2/c1-2-4-12-11(3-1)8-13-6-9-5-10(9)7-13/h9-12H,1-8H2/t9?,10?,11-/m1/s1. The second kappa shape index (κ2) is 3.25. The third-order valence-electron chi connectivity index (χ3n) is 3.95. The molecule has 0 aromatic carbocycles. The lowest BCUT2D eigenvalue weighted by molar-refractivity contribution is 0.244. The van der Waals surface area contributed by atoms with Crippen molar-refractivity contribution in [1.82, 2.24) is 10.2 Å². The average molecular weight is 180 g/mol. The molecule has 3 atom stereocenters. The third-order valence-corrected chi connectivity index (χ3v) is 3.95. The molecule has 2 unspecified atom stereocenters. The first kappa shape index (κ1) is 8.25. The Morgan fingerprint density at radius 2 is 2.00 bits per heavy atom. The van der Waals surface area contributed by atoms with E-state index < -0.39 is 0 Å². The Balaban J connectivity index is 1.46. The van der Waals surface area contributed by atoms with E-state index in [1.807, 2.05) is 0 Å². The van der Waals surface area contributed by atoms with Crippen LogP contribution in [0.1, 0.15) is 25.7 Å². The number of piperidine rings is 2. The van der Waals surface area contributed by atoms with Crippen LogP contribution < -0.4 is 5.32 Å². The monoisotopic (exact) mass is 180 g/mol. The Bertz CT molecular complexity index is 177. The molecule has 2 nitrogen and oxygen atoms in total. The van der Waals surface area contributed by atoms with E-state index in [4.69, 9.17) is 0 Å². The Kier molecular flexibility index (Phi) is 2.06. The molecule has 2 aliphatic heterocycles. The second-order valence-electron chi connectivity index (χ2n) is 5.12. The lowest BCUT2D eigenvalue weighted by atomic mass is 10.0. The normalized spacial score (nSPS) is 44.8. The summed E-state index contributed by atoms with van der Waals surface area (Å²) in [6, 6.07) is 0.811. The van der Waals surface area contributed by atoms with Gasteiger partial charge >= 0.3 is 0 Å². The predicted octanol–water partition coefficient (Wildman–Crippen LogP) is 1.08. The van der Waals surface area contributed by atoms with Crippen LogP contribution in [0.2, 0.25) is 0 Å². The molecule has 0 bridgehead atoms. The molecule has 3 aliphatic rings. The number of likely N-dealkylation sites (tertiary alicyclic amines) is 1. The first-order chi connectivity index (χ1) is 6.42. The van der Waals surface area contributed by atoms with Crippen molar-refractivity contribution in [2.45, 2.75) is 31.7 Å². The van der Waals surface area contributed by atoms with Crippen molar-refractivity contribution in [1.29, 1.82) is 0 Å². The first-order valence-electron chi connectivity index (χ1n) is 5.87. The highest BCUT2D eigenvalue weighted by Crippen LogP contribution is 2.44. The average Bonchev–Trinajstić information content (AvgIpc) is 2.76. The van der Waals surface area contributed by atoms with Gasteiger partial charge in [0.05, 0.1) is 0 Å². The van der Waals surface area contributed by atoms with E-state index in [1.165, 1.54) is 51.9 Å². The lowest BCUT2D eigenvalue weighted by Crippen LogP contribution is -2.43. The fourth-order valence-corrected chi connectivity index (χ4v) is 3.04. The Labute approximate surface area is 80.7 Å². The van der Waals surface area contributed by atoms with Crippen LogP contribution in [-0.4, -0.2) is 37.1 Å². The van der Waals surface area contributed by atoms with Crippen molar-refractivity contribution in [2.24, 2.45) is 11.8 Å². The van der Waals surface area contributed by atoms with Crippen LogP contribution in [0.5, 0.6) is 0 Å². The maximum Gasteiger partial charge on any atom is 0.0195 e. The van der Waals surface area contributed by atoms with Gasteiger partial charge in [-0.2, -0.15) is 0 Å². The Morgan fingerprint density at radius 3 is 2.69 bits per heavy atom. The topological polar surface area (TPSA) is 15.3 Å². The molecule has 13 heavy (non-hydrogen) atoms. The zero-order valence-corrected chi connectivity index (χ0v) is 8.34. The highest BCUT2D eigenvalue weighted by atomic mass is 15.2. The van der Waals surface area contributed by atoms with E-state index in [1.54, 1.807) is 0 Å². The van der Waals surface area contributed by atoms with Crippen molar-refractivity contribution < 1.29 is 0 Å². The third kappa shape index (κ3) is 1.75. The number of nitrogens with one attached hydrogen (secondary N) is 1. The van der Waals surface area contributed by atoms with E-state index in [0.717, 1.165) is 17.9 Å². The maximum absolute atomic E-state index is 3.63. The molecule has 1 saturated carbocycles. The number of fused-ring (bicyclic) bond motifs is 1. The van der Waals surface area contributed by atoms with E-state index in [-0.39, 0.29) is 0 Å². The highest BCUT2D eigenvalue weighted by Gasteiger charge is 2.45. The summed E-state index contributed by atoms with van der Waals surface area (Å²) >= 11 is 0. The molecule has 0 spiro atoms. The van der Waals surface area contributed by atoms with Crippen molar-refractivity contribution in [3.05, 3.63) is 0 Å². The van der Waals surface area contributed by atoms with Crippen LogP contribution in [0, 0.1) is 11.8 Å². The van der Waals surface area contributed by atoms with Gasteiger partial charge in [-0.15, -0.1) is 0 Å². The minimum Gasteiger partial charge on any atom is -0.313 e. The van der Waals surface area contributed by atoms with Crippen LogP contribution in [-0.2, 0) is 0 Å². The summed E-state index contributed by atoms with van der Waals surface area (Å²) in [7, 11) is 0. The van der Waals surface area contributed by atoms with Crippen molar-refractivity contribution >= 4 is 0 Å². The zero-order valence-electron chi connectivity index (χ0n) is 8.34. The number of nitrogens with zero attached hydrogens (tertiary/aromatic N) is 1. The first-order valence-corrected chi connectivity index (χ1v) is 5.87. The summed E-state index contributed by atoms with van der Waals surface area (Å²) < 4.78 is 0. The van der Waals surface area contributed by atoms with Crippen LogP contribution in [0.4, 0.5) is 0 Å². The van der Waals surface area contributed by atoms with Crippen molar-refractivity contribution in [3.8, 4) is 0 Å². The molecule has 0 aromatic heterocycles. The van der Waals surface area contributed by atoms with Gasteiger partial charge in [-0.1, -0.05) is 6.42 Å². The van der Waals surface area contributed by atoms with Gasteiger partial charge in [0, 0.05) is 25.7 Å². The predicted molar refractivity (Wildman–Crippen MR) is 53.7 cm³/mol. The van der Waals surface area contributed by atoms with Gasteiger partial charge in [0.2, 0.25) is 0 Å². The van der Waals surface area contributed by atoms with E-state index >= 15 is 0 Å². The van der Waals surface area contributed by atoms with Gasteiger partial charge in [0.15, 0.2) is 0 Å². The van der Waals surface area contributed by atoms with Gasteiger partial charge in [-0.25, -0.2) is 0 Å².